The smallest absolute Gasteiger partial charge is 0.163 e. The molecule has 1 atom stereocenters. The van der Waals surface area contributed by atoms with Gasteiger partial charge in [-0.2, -0.15) is 0 Å². The lowest BCUT2D eigenvalue weighted by molar-refractivity contribution is -0.0692. The van der Waals surface area contributed by atoms with Crippen molar-refractivity contribution in [3.63, 3.8) is 0 Å². The Balaban J connectivity index is 2.41. The summed E-state index contributed by atoms with van der Waals surface area (Å²) in [5.74, 6) is -1.56. The van der Waals surface area contributed by atoms with E-state index in [0.717, 1.165) is 31.7 Å². The summed E-state index contributed by atoms with van der Waals surface area (Å²) >= 11 is 0. The Kier molecular flexibility index (Phi) is 5.11. The van der Waals surface area contributed by atoms with E-state index < -0.39 is 17.2 Å². The van der Waals surface area contributed by atoms with Crippen LogP contribution < -0.4 is 5.32 Å². The van der Waals surface area contributed by atoms with E-state index in [0.29, 0.717) is 12.1 Å². The summed E-state index contributed by atoms with van der Waals surface area (Å²) in [6.07, 6.45) is 5.04. The summed E-state index contributed by atoms with van der Waals surface area (Å²) in [6, 6.07) is 4.06. The van der Waals surface area contributed by atoms with E-state index in [1.54, 1.807) is 19.2 Å². The van der Waals surface area contributed by atoms with E-state index in [2.05, 4.69) is 5.32 Å². The van der Waals surface area contributed by atoms with Crippen molar-refractivity contribution < 1.29 is 13.5 Å². The second-order valence-corrected chi connectivity index (χ2v) is 5.46. The Morgan fingerprint density at radius 3 is 2.55 bits per heavy atom. The van der Waals surface area contributed by atoms with Crippen molar-refractivity contribution in [3.05, 3.63) is 35.4 Å². The molecule has 1 aromatic carbocycles. The zero-order valence-electron chi connectivity index (χ0n) is 12.2. The summed E-state index contributed by atoms with van der Waals surface area (Å²) in [7, 11) is 1.67. The van der Waals surface area contributed by atoms with Crippen molar-refractivity contribution in [2.24, 2.45) is 0 Å². The molecular weight excluding hydrogens is 260 g/mol. The standard InChI is InChI=1S/C16H23F2NO/c1-3-19-15(12-8-7-9-13(17)14(12)18)16(20-2)10-5-4-6-11-16/h7-9,15,19H,3-6,10-11H2,1-2H3. The minimum absolute atomic E-state index is 0.312. The molecule has 1 saturated carbocycles. The first-order valence-electron chi connectivity index (χ1n) is 7.37. The van der Waals surface area contributed by atoms with Gasteiger partial charge in [-0.05, 0) is 25.5 Å². The fraction of sp³-hybridized carbons (Fsp3) is 0.625. The van der Waals surface area contributed by atoms with Gasteiger partial charge in [0, 0.05) is 12.7 Å². The van der Waals surface area contributed by atoms with Crippen molar-refractivity contribution in [1.29, 1.82) is 0 Å². The van der Waals surface area contributed by atoms with Crippen LogP contribution >= 0.6 is 0 Å². The molecule has 1 aliphatic rings. The van der Waals surface area contributed by atoms with Gasteiger partial charge in [-0.1, -0.05) is 38.3 Å². The van der Waals surface area contributed by atoms with Crippen LogP contribution in [0, 0.1) is 11.6 Å². The zero-order valence-corrected chi connectivity index (χ0v) is 12.2. The summed E-state index contributed by atoms with van der Waals surface area (Å²) in [5.41, 5.74) is -0.0706. The molecule has 2 rings (SSSR count). The fourth-order valence-corrected chi connectivity index (χ4v) is 3.29. The molecule has 0 saturated heterocycles. The lowest BCUT2D eigenvalue weighted by Gasteiger charge is -2.43. The number of nitrogens with one attached hydrogen (secondary N) is 1. The van der Waals surface area contributed by atoms with E-state index >= 15 is 0 Å². The molecule has 1 aromatic rings. The van der Waals surface area contributed by atoms with Gasteiger partial charge in [0.1, 0.15) is 0 Å². The van der Waals surface area contributed by atoms with Gasteiger partial charge in [-0.3, -0.25) is 0 Å². The predicted molar refractivity (Wildman–Crippen MR) is 75.6 cm³/mol. The number of benzene rings is 1. The molecule has 112 valence electrons. The van der Waals surface area contributed by atoms with Crippen LogP contribution in [0.3, 0.4) is 0 Å². The maximum Gasteiger partial charge on any atom is 0.163 e. The average Bonchev–Trinajstić information content (AvgIpc) is 2.49. The number of hydrogen-bond acceptors (Lipinski definition) is 2. The predicted octanol–water partition coefficient (Wildman–Crippen LogP) is 3.96. The number of rotatable bonds is 5. The maximum atomic E-state index is 14.2. The van der Waals surface area contributed by atoms with E-state index in [-0.39, 0.29) is 6.04 Å². The molecule has 1 N–H and O–H groups in total. The average molecular weight is 283 g/mol. The van der Waals surface area contributed by atoms with E-state index in [1.165, 1.54) is 6.42 Å². The van der Waals surface area contributed by atoms with Crippen LogP contribution in [0.4, 0.5) is 8.78 Å². The van der Waals surface area contributed by atoms with Crippen LogP contribution in [0.2, 0.25) is 0 Å². The molecular formula is C16H23F2NO. The quantitative estimate of drug-likeness (QED) is 0.883. The van der Waals surface area contributed by atoms with Gasteiger partial charge >= 0.3 is 0 Å². The molecule has 0 aromatic heterocycles. The Labute approximate surface area is 119 Å². The van der Waals surface area contributed by atoms with E-state index in [9.17, 15) is 8.78 Å². The minimum Gasteiger partial charge on any atom is -0.376 e. The fourth-order valence-electron chi connectivity index (χ4n) is 3.29. The molecule has 0 aliphatic heterocycles. The Bertz CT molecular complexity index is 444. The molecule has 0 bridgehead atoms. The summed E-state index contributed by atoms with van der Waals surface area (Å²) < 4.78 is 33.5. The highest BCUT2D eigenvalue weighted by atomic mass is 19.2. The lowest BCUT2D eigenvalue weighted by atomic mass is 9.76. The topological polar surface area (TPSA) is 21.3 Å². The first-order valence-corrected chi connectivity index (χ1v) is 7.37. The number of ether oxygens (including phenoxy) is 1. The lowest BCUT2D eigenvalue weighted by Crippen LogP contribution is -2.47. The van der Waals surface area contributed by atoms with Crippen molar-refractivity contribution in [3.8, 4) is 0 Å². The summed E-state index contributed by atoms with van der Waals surface area (Å²) in [6.45, 7) is 2.65. The highest BCUT2D eigenvalue weighted by molar-refractivity contribution is 5.26. The molecule has 0 spiro atoms. The maximum absolute atomic E-state index is 14.2. The third-order valence-corrected chi connectivity index (χ3v) is 4.33. The Morgan fingerprint density at radius 2 is 1.95 bits per heavy atom. The normalized spacial score (nSPS) is 19.8. The molecule has 1 unspecified atom stereocenters. The Morgan fingerprint density at radius 1 is 1.25 bits per heavy atom. The van der Waals surface area contributed by atoms with Gasteiger partial charge in [0.2, 0.25) is 0 Å². The highest BCUT2D eigenvalue weighted by Crippen LogP contribution is 2.41. The number of halogens is 2. The second-order valence-electron chi connectivity index (χ2n) is 5.46. The number of methoxy groups -OCH3 is 1. The first-order chi connectivity index (χ1) is 9.64. The molecule has 0 radical (unpaired) electrons. The van der Waals surface area contributed by atoms with Gasteiger partial charge in [0.25, 0.3) is 0 Å². The van der Waals surface area contributed by atoms with Crippen molar-refractivity contribution in [2.45, 2.75) is 50.7 Å². The SMILES string of the molecule is CCNC(c1cccc(F)c1F)C1(OC)CCCCC1. The van der Waals surface area contributed by atoms with Gasteiger partial charge in [-0.15, -0.1) is 0 Å². The summed E-state index contributed by atoms with van der Waals surface area (Å²) in [4.78, 5) is 0. The molecule has 20 heavy (non-hydrogen) atoms. The van der Waals surface area contributed by atoms with Crippen molar-refractivity contribution >= 4 is 0 Å². The monoisotopic (exact) mass is 283 g/mol. The number of likely N-dealkylation sites (N-methyl/N-ethyl adjacent to an activating group) is 1. The van der Waals surface area contributed by atoms with Gasteiger partial charge in [-0.25, -0.2) is 8.78 Å². The zero-order chi connectivity index (χ0) is 14.6. The van der Waals surface area contributed by atoms with E-state index in [1.807, 2.05) is 6.92 Å². The molecule has 0 amide bonds. The van der Waals surface area contributed by atoms with Crippen molar-refractivity contribution in [2.75, 3.05) is 13.7 Å². The Hall–Kier alpha value is -1.00. The van der Waals surface area contributed by atoms with E-state index in [4.69, 9.17) is 4.74 Å². The van der Waals surface area contributed by atoms with Crippen LogP contribution in [0.25, 0.3) is 0 Å². The molecule has 1 aliphatic carbocycles. The highest BCUT2D eigenvalue weighted by Gasteiger charge is 2.41. The third kappa shape index (κ3) is 2.86. The third-order valence-electron chi connectivity index (χ3n) is 4.33. The molecule has 4 heteroatoms. The number of hydrogen-bond donors (Lipinski definition) is 1. The van der Waals surface area contributed by atoms with Gasteiger partial charge in [0.05, 0.1) is 11.6 Å². The van der Waals surface area contributed by atoms with Gasteiger partial charge in [0.15, 0.2) is 11.6 Å². The largest absolute Gasteiger partial charge is 0.376 e. The minimum atomic E-state index is -0.799. The summed E-state index contributed by atoms with van der Waals surface area (Å²) in [5, 5.41) is 3.30. The first kappa shape index (κ1) is 15.4. The molecule has 2 nitrogen and oxygen atoms in total. The van der Waals surface area contributed by atoms with Crippen LogP contribution in [0.15, 0.2) is 18.2 Å². The van der Waals surface area contributed by atoms with Crippen LogP contribution in [-0.4, -0.2) is 19.3 Å². The molecule has 0 heterocycles. The van der Waals surface area contributed by atoms with Gasteiger partial charge < -0.3 is 10.1 Å². The van der Waals surface area contributed by atoms with Crippen LogP contribution in [-0.2, 0) is 4.74 Å². The van der Waals surface area contributed by atoms with Crippen LogP contribution in [0.1, 0.15) is 50.6 Å². The molecule has 1 fully saturated rings. The van der Waals surface area contributed by atoms with Crippen LogP contribution in [0.5, 0.6) is 0 Å². The van der Waals surface area contributed by atoms with Crippen molar-refractivity contribution in [1.82, 2.24) is 5.32 Å². The second kappa shape index (κ2) is 6.64.